The fourth-order valence-corrected chi connectivity index (χ4v) is 2.90. The SMILES string of the molecule is COBNCC(O)(c1ccc(Cl)cc1)c1ccc(-c2cn[nH]c2)cc1. The highest BCUT2D eigenvalue weighted by molar-refractivity contribution is 6.30. The van der Waals surface area contributed by atoms with Crippen LogP contribution in [0.1, 0.15) is 11.1 Å². The molecule has 0 aliphatic heterocycles. The number of H-pyrrole nitrogens is 1. The Bertz CT molecular complexity index is 794. The Balaban J connectivity index is 1.94. The van der Waals surface area contributed by atoms with Crippen LogP contribution >= 0.6 is 11.6 Å². The molecule has 0 radical (unpaired) electrons. The molecule has 0 saturated heterocycles. The average molecular weight is 356 g/mol. The molecule has 1 heterocycles. The van der Waals surface area contributed by atoms with E-state index in [0.717, 1.165) is 22.3 Å². The molecule has 25 heavy (non-hydrogen) atoms. The van der Waals surface area contributed by atoms with E-state index in [1.54, 1.807) is 25.4 Å². The topological polar surface area (TPSA) is 70.2 Å². The molecular weight excluding hydrogens is 336 g/mol. The Morgan fingerprint density at radius 3 is 2.32 bits per heavy atom. The van der Waals surface area contributed by atoms with Gasteiger partial charge in [-0.05, 0) is 28.8 Å². The molecule has 0 bridgehead atoms. The van der Waals surface area contributed by atoms with Gasteiger partial charge < -0.3 is 15.0 Å². The summed E-state index contributed by atoms with van der Waals surface area (Å²) < 4.78 is 5.04. The largest absolute Gasteiger partial charge is 0.427 e. The van der Waals surface area contributed by atoms with Gasteiger partial charge in [0.15, 0.2) is 0 Å². The number of nitrogens with one attached hydrogen (secondary N) is 2. The zero-order valence-corrected chi connectivity index (χ0v) is 14.6. The summed E-state index contributed by atoms with van der Waals surface area (Å²) in [4.78, 5) is 0. The molecule has 3 N–H and O–H groups in total. The second-order valence-electron chi connectivity index (χ2n) is 5.79. The quantitative estimate of drug-likeness (QED) is 0.450. The van der Waals surface area contributed by atoms with Crippen LogP contribution in [0.15, 0.2) is 60.9 Å². The molecule has 7 heteroatoms. The number of aliphatic hydroxyl groups is 1. The van der Waals surface area contributed by atoms with Crippen LogP contribution in [0.3, 0.4) is 0 Å². The predicted octanol–water partition coefficient (Wildman–Crippen LogP) is 2.47. The highest BCUT2D eigenvalue weighted by Gasteiger charge is 2.31. The number of benzene rings is 2. The number of hydrogen-bond donors (Lipinski definition) is 3. The molecule has 0 aliphatic rings. The van der Waals surface area contributed by atoms with Crippen molar-refractivity contribution in [2.45, 2.75) is 5.60 Å². The van der Waals surface area contributed by atoms with Gasteiger partial charge in [-0.1, -0.05) is 48.0 Å². The summed E-state index contributed by atoms with van der Waals surface area (Å²) >= 11 is 5.99. The maximum atomic E-state index is 11.4. The third kappa shape index (κ3) is 3.94. The summed E-state index contributed by atoms with van der Waals surface area (Å²) in [5, 5.41) is 21.9. The van der Waals surface area contributed by atoms with E-state index in [1.807, 2.05) is 42.6 Å². The van der Waals surface area contributed by atoms with Gasteiger partial charge in [0, 0.05) is 30.4 Å². The maximum Gasteiger partial charge on any atom is 0.360 e. The van der Waals surface area contributed by atoms with E-state index in [2.05, 4.69) is 15.4 Å². The highest BCUT2D eigenvalue weighted by Crippen LogP contribution is 2.31. The Morgan fingerprint density at radius 1 is 1.12 bits per heavy atom. The van der Waals surface area contributed by atoms with Crippen LogP contribution in [0, 0.1) is 0 Å². The van der Waals surface area contributed by atoms with E-state index >= 15 is 0 Å². The molecule has 0 saturated carbocycles. The Morgan fingerprint density at radius 2 is 1.76 bits per heavy atom. The van der Waals surface area contributed by atoms with Gasteiger partial charge in [-0.15, -0.1) is 0 Å². The molecule has 128 valence electrons. The Hall–Kier alpha value is -2.12. The lowest BCUT2D eigenvalue weighted by molar-refractivity contribution is 0.0849. The molecule has 0 spiro atoms. The van der Waals surface area contributed by atoms with Crippen LogP contribution in [0.4, 0.5) is 0 Å². The van der Waals surface area contributed by atoms with Crippen LogP contribution < -0.4 is 5.23 Å². The average Bonchev–Trinajstić information content (AvgIpc) is 3.17. The lowest BCUT2D eigenvalue weighted by Gasteiger charge is -2.30. The molecule has 1 atom stereocenters. The minimum Gasteiger partial charge on any atom is -0.427 e. The van der Waals surface area contributed by atoms with E-state index < -0.39 is 5.60 Å². The van der Waals surface area contributed by atoms with Gasteiger partial charge in [0.1, 0.15) is 5.60 Å². The van der Waals surface area contributed by atoms with Crippen LogP contribution in [-0.4, -0.2) is 36.6 Å². The van der Waals surface area contributed by atoms with E-state index in [-0.39, 0.29) is 0 Å². The highest BCUT2D eigenvalue weighted by atomic mass is 35.5. The number of hydrogen-bond acceptors (Lipinski definition) is 4. The fraction of sp³-hybridized carbons (Fsp3) is 0.167. The molecule has 3 rings (SSSR count). The first-order valence-electron chi connectivity index (χ1n) is 7.91. The van der Waals surface area contributed by atoms with E-state index in [0.29, 0.717) is 19.2 Å². The van der Waals surface area contributed by atoms with Gasteiger partial charge in [-0.25, -0.2) is 0 Å². The molecule has 1 aromatic heterocycles. The third-order valence-electron chi connectivity index (χ3n) is 4.14. The monoisotopic (exact) mass is 355 g/mol. The summed E-state index contributed by atoms with van der Waals surface area (Å²) in [6.45, 7) is 0.313. The van der Waals surface area contributed by atoms with Crippen LogP contribution in [-0.2, 0) is 10.3 Å². The zero-order chi connectivity index (χ0) is 17.7. The predicted molar refractivity (Wildman–Crippen MR) is 101 cm³/mol. The normalized spacial score (nSPS) is 13.4. The lowest BCUT2D eigenvalue weighted by Crippen LogP contribution is -2.41. The molecule has 0 amide bonds. The van der Waals surface area contributed by atoms with Gasteiger partial charge in [0.05, 0.1) is 6.20 Å². The Labute approximate surface area is 152 Å². The maximum absolute atomic E-state index is 11.4. The van der Waals surface area contributed by atoms with Crippen LogP contribution in [0.2, 0.25) is 5.02 Å². The standard InChI is InChI=1S/C18H19BClN3O2/c1-25-19-21-12-18(24,16-6-8-17(20)9-7-16)15-4-2-13(3-5-15)14-10-22-23-11-14/h2-11,19,21,24H,12H2,1H3,(H,22,23). The van der Waals surface area contributed by atoms with E-state index in [4.69, 9.17) is 16.3 Å². The van der Waals surface area contributed by atoms with Crippen molar-refractivity contribution in [2.75, 3.05) is 13.7 Å². The first-order chi connectivity index (χ1) is 12.1. The van der Waals surface area contributed by atoms with Gasteiger partial charge in [-0.3, -0.25) is 5.10 Å². The molecule has 1 unspecified atom stereocenters. The number of aromatic amines is 1. The summed E-state index contributed by atoms with van der Waals surface area (Å²) in [5.41, 5.74) is 2.38. The van der Waals surface area contributed by atoms with Gasteiger partial charge in [0.25, 0.3) is 0 Å². The molecule has 3 aromatic rings. The van der Waals surface area contributed by atoms with Crippen LogP contribution in [0.5, 0.6) is 0 Å². The molecule has 2 aromatic carbocycles. The molecular formula is C18H19BClN3O2. The van der Waals surface area contributed by atoms with Crippen molar-refractivity contribution in [1.82, 2.24) is 15.4 Å². The second-order valence-corrected chi connectivity index (χ2v) is 6.23. The van der Waals surface area contributed by atoms with Crippen molar-refractivity contribution in [3.8, 4) is 11.1 Å². The van der Waals surface area contributed by atoms with Crippen LogP contribution in [0.25, 0.3) is 11.1 Å². The fourth-order valence-electron chi connectivity index (χ4n) is 2.78. The van der Waals surface area contributed by atoms with E-state index in [9.17, 15) is 5.11 Å². The number of nitrogens with zero attached hydrogens (tertiary/aromatic N) is 1. The smallest absolute Gasteiger partial charge is 0.360 e. The lowest BCUT2D eigenvalue weighted by atomic mass is 9.85. The summed E-state index contributed by atoms with van der Waals surface area (Å²) in [6, 6.07) is 15.0. The minimum atomic E-state index is -1.20. The van der Waals surface area contributed by atoms with E-state index in [1.165, 1.54) is 0 Å². The molecule has 0 aliphatic carbocycles. The van der Waals surface area contributed by atoms with Gasteiger partial charge in [0.2, 0.25) is 0 Å². The number of aromatic nitrogens is 2. The summed E-state index contributed by atoms with van der Waals surface area (Å²) in [6.07, 6.45) is 3.60. The summed E-state index contributed by atoms with van der Waals surface area (Å²) in [5.74, 6) is 0. The van der Waals surface area contributed by atoms with Crippen molar-refractivity contribution >= 4 is 19.2 Å². The first-order valence-corrected chi connectivity index (χ1v) is 8.29. The first kappa shape index (κ1) is 17.7. The Kier molecular flexibility index (Phi) is 5.55. The second kappa shape index (κ2) is 7.84. The molecule has 0 fully saturated rings. The molecule has 5 nitrogen and oxygen atoms in total. The number of rotatable bonds is 7. The minimum absolute atomic E-state index is 0.313. The van der Waals surface area contributed by atoms with Crippen molar-refractivity contribution < 1.29 is 9.76 Å². The van der Waals surface area contributed by atoms with Crippen molar-refractivity contribution in [1.29, 1.82) is 0 Å². The number of halogens is 1. The third-order valence-corrected chi connectivity index (χ3v) is 4.40. The van der Waals surface area contributed by atoms with Crippen molar-refractivity contribution in [3.05, 3.63) is 77.1 Å². The van der Waals surface area contributed by atoms with Gasteiger partial charge in [-0.2, -0.15) is 5.10 Å². The summed E-state index contributed by atoms with van der Waals surface area (Å²) in [7, 11) is 1.96. The zero-order valence-electron chi connectivity index (χ0n) is 13.9. The van der Waals surface area contributed by atoms with Gasteiger partial charge >= 0.3 is 7.62 Å². The van der Waals surface area contributed by atoms with Crippen molar-refractivity contribution in [2.24, 2.45) is 0 Å². The van der Waals surface area contributed by atoms with Crippen molar-refractivity contribution in [3.63, 3.8) is 0 Å².